The van der Waals surface area contributed by atoms with E-state index in [1.165, 1.54) is 24.3 Å². The number of benzene rings is 3. The third kappa shape index (κ3) is 5.82. The number of amides is 3. The minimum atomic E-state index is -0.678. The molecule has 1 aliphatic rings. The zero-order chi connectivity index (χ0) is 26.5. The van der Waals surface area contributed by atoms with Gasteiger partial charge in [-0.05, 0) is 67.1 Å². The summed E-state index contributed by atoms with van der Waals surface area (Å²) in [4.78, 5) is 51.6. The highest BCUT2D eigenvalue weighted by atomic mass is 35.5. The molecule has 0 saturated carbocycles. The van der Waals surface area contributed by atoms with Gasteiger partial charge in [0.15, 0.2) is 0 Å². The first-order valence-corrected chi connectivity index (χ1v) is 12.0. The van der Waals surface area contributed by atoms with Crippen LogP contribution in [0.1, 0.15) is 34.1 Å². The molecule has 3 aromatic carbocycles. The molecule has 0 atom stereocenters. The van der Waals surface area contributed by atoms with Crippen LogP contribution in [0.2, 0.25) is 5.02 Å². The van der Waals surface area contributed by atoms with Gasteiger partial charge in [-0.15, -0.1) is 0 Å². The van der Waals surface area contributed by atoms with Gasteiger partial charge >= 0.3 is 5.97 Å². The number of hydrogen-bond acceptors (Lipinski definition) is 6. The molecule has 0 unspecified atom stereocenters. The van der Waals surface area contributed by atoms with Gasteiger partial charge in [-0.1, -0.05) is 42.3 Å². The third-order valence-corrected chi connectivity index (χ3v) is 5.90. The lowest BCUT2D eigenvalue weighted by atomic mass is 10.1. The van der Waals surface area contributed by atoms with Gasteiger partial charge in [0.2, 0.25) is 0 Å². The van der Waals surface area contributed by atoms with Gasteiger partial charge in [0.25, 0.3) is 17.7 Å². The van der Waals surface area contributed by atoms with Crippen molar-refractivity contribution >= 4 is 64.0 Å². The summed E-state index contributed by atoms with van der Waals surface area (Å²) >= 11 is 12.1. The van der Waals surface area contributed by atoms with Gasteiger partial charge in [0, 0.05) is 22.0 Å². The molecule has 2 N–H and O–H groups in total. The third-order valence-electron chi connectivity index (χ3n) is 5.30. The van der Waals surface area contributed by atoms with Gasteiger partial charge in [-0.25, -0.2) is 9.69 Å². The monoisotopic (exact) mass is 537 g/mol. The van der Waals surface area contributed by atoms with Crippen molar-refractivity contribution in [2.24, 2.45) is 0 Å². The van der Waals surface area contributed by atoms with Crippen LogP contribution in [0, 0.1) is 0 Å². The number of halogens is 2. The maximum atomic E-state index is 13.0. The molecule has 10 heteroatoms. The number of carbonyl (C=O) groups excluding carboxylic acids is 4. The number of anilines is 3. The van der Waals surface area contributed by atoms with Crippen molar-refractivity contribution in [2.75, 3.05) is 22.1 Å². The molecule has 37 heavy (non-hydrogen) atoms. The lowest BCUT2D eigenvalue weighted by molar-refractivity contribution is -0.120. The van der Waals surface area contributed by atoms with Crippen molar-refractivity contribution in [1.29, 1.82) is 0 Å². The summed E-state index contributed by atoms with van der Waals surface area (Å²) in [6, 6.07) is 18.9. The molecule has 188 valence electrons. The standard InChI is InChI=1S/C27H21Cl2N3O5/c1-2-13-37-27(36)17-6-4-8-20(15-17)31-24(33)16-5-3-7-19(14-16)30-23-22(29)25(34)32(26(23)35)21-11-9-18(28)10-12-21/h3-12,14-15,30H,2,13H2,1H3,(H,31,33). The van der Waals surface area contributed by atoms with Crippen molar-refractivity contribution in [3.8, 4) is 0 Å². The number of imide groups is 1. The van der Waals surface area contributed by atoms with Gasteiger partial charge in [0.1, 0.15) is 10.7 Å². The second-order valence-corrected chi connectivity index (χ2v) is 8.80. The van der Waals surface area contributed by atoms with E-state index in [1.54, 1.807) is 48.5 Å². The molecule has 3 aromatic rings. The maximum Gasteiger partial charge on any atom is 0.338 e. The zero-order valence-corrected chi connectivity index (χ0v) is 21.1. The number of esters is 1. The Morgan fingerprint density at radius 1 is 0.865 bits per heavy atom. The van der Waals surface area contributed by atoms with Crippen LogP contribution in [0.15, 0.2) is 83.5 Å². The molecule has 1 heterocycles. The van der Waals surface area contributed by atoms with Crippen LogP contribution in [0.25, 0.3) is 0 Å². The molecule has 3 amide bonds. The van der Waals surface area contributed by atoms with E-state index in [1.807, 2.05) is 6.92 Å². The predicted octanol–water partition coefficient (Wildman–Crippen LogP) is 5.59. The SMILES string of the molecule is CCCOC(=O)c1cccc(NC(=O)c2cccc(NC3=C(Cl)C(=O)N(c4ccc(Cl)cc4)C3=O)c2)c1. The Bertz CT molecular complexity index is 1420. The number of nitrogens with zero attached hydrogens (tertiary/aromatic N) is 1. The largest absolute Gasteiger partial charge is 0.462 e. The fraction of sp³-hybridized carbons (Fsp3) is 0.111. The van der Waals surface area contributed by atoms with E-state index in [0.717, 1.165) is 4.90 Å². The van der Waals surface area contributed by atoms with Crippen LogP contribution >= 0.6 is 23.2 Å². The van der Waals surface area contributed by atoms with E-state index in [4.69, 9.17) is 27.9 Å². The molecule has 4 rings (SSSR count). The van der Waals surface area contributed by atoms with E-state index in [9.17, 15) is 19.2 Å². The average Bonchev–Trinajstić information content (AvgIpc) is 3.11. The Labute approximate surface area is 222 Å². The normalized spacial score (nSPS) is 13.1. The van der Waals surface area contributed by atoms with Crippen molar-refractivity contribution < 1.29 is 23.9 Å². The molecule has 0 radical (unpaired) electrons. The van der Waals surface area contributed by atoms with Crippen molar-refractivity contribution in [3.63, 3.8) is 0 Å². The average molecular weight is 538 g/mol. The van der Waals surface area contributed by atoms with Gasteiger partial charge in [-0.2, -0.15) is 0 Å². The maximum absolute atomic E-state index is 13.0. The first-order chi connectivity index (χ1) is 17.8. The molecule has 0 aromatic heterocycles. The van der Waals surface area contributed by atoms with E-state index < -0.39 is 23.7 Å². The Balaban J connectivity index is 1.48. The first-order valence-electron chi connectivity index (χ1n) is 11.3. The summed E-state index contributed by atoms with van der Waals surface area (Å²) in [6.07, 6.45) is 0.702. The molecular formula is C27H21Cl2N3O5. The van der Waals surface area contributed by atoms with Gasteiger partial charge in [-0.3, -0.25) is 14.4 Å². The Morgan fingerprint density at radius 2 is 1.51 bits per heavy atom. The van der Waals surface area contributed by atoms with Crippen molar-refractivity contribution in [3.05, 3.63) is 99.7 Å². The Hall–Kier alpha value is -4.14. The van der Waals surface area contributed by atoms with Crippen LogP contribution in [-0.4, -0.2) is 30.3 Å². The predicted molar refractivity (Wildman–Crippen MR) is 142 cm³/mol. The number of rotatable bonds is 8. The number of nitrogens with one attached hydrogen (secondary N) is 2. The number of hydrogen-bond donors (Lipinski definition) is 2. The molecular weight excluding hydrogens is 517 g/mol. The van der Waals surface area contributed by atoms with Crippen molar-refractivity contribution in [2.45, 2.75) is 13.3 Å². The van der Waals surface area contributed by atoms with Crippen LogP contribution in [0.4, 0.5) is 17.1 Å². The fourth-order valence-electron chi connectivity index (χ4n) is 3.52. The summed E-state index contributed by atoms with van der Waals surface area (Å²) < 4.78 is 5.13. The van der Waals surface area contributed by atoms with Crippen molar-refractivity contribution in [1.82, 2.24) is 0 Å². The molecule has 8 nitrogen and oxygen atoms in total. The summed E-state index contributed by atoms with van der Waals surface area (Å²) in [5, 5.41) is 5.77. The topological polar surface area (TPSA) is 105 Å². The van der Waals surface area contributed by atoms with Gasteiger partial charge < -0.3 is 15.4 Å². The second kappa shape index (κ2) is 11.3. The number of carbonyl (C=O) groups is 4. The lowest BCUT2D eigenvalue weighted by Gasteiger charge is -2.15. The number of ether oxygens (including phenoxy) is 1. The Morgan fingerprint density at radius 3 is 2.22 bits per heavy atom. The second-order valence-electron chi connectivity index (χ2n) is 7.99. The van der Waals surface area contributed by atoms with E-state index in [2.05, 4.69) is 10.6 Å². The van der Waals surface area contributed by atoms with E-state index in [-0.39, 0.29) is 16.3 Å². The Kier molecular flexibility index (Phi) is 7.91. The van der Waals surface area contributed by atoms with Crippen LogP contribution in [0.3, 0.4) is 0 Å². The lowest BCUT2D eigenvalue weighted by Crippen LogP contribution is -2.32. The summed E-state index contributed by atoms with van der Waals surface area (Å²) in [6.45, 7) is 2.20. The van der Waals surface area contributed by atoms with E-state index >= 15 is 0 Å². The quantitative estimate of drug-likeness (QED) is 0.286. The summed E-state index contributed by atoms with van der Waals surface area (Å²) in [5.74, 6) is -2.24. The zero-order valence-electron chi connectivity index (χ0n) is 19.6. The van der Waals surface area contributed by atoms with Crippen LogP contribution < -0.4 is 15.5 Å². The minimum Gasteiger partial charge on any atom is -0.462 e. The highest BCUT2D eigenvalue weighted by molar-refractivity contribution is 6.53. The summed E-state index contributed by atoms with van der Waals surface area (Å²) in [7, 11) is 0. The van der Waals surface area contributed by atoms with Crippen LogP contribution in [0.5, 0.6) is 0 Å². The minimum absolute atomic E-state index is 0.113. The highest BCUT2D eigenvalue weighted by Crippen LogP contribution is 2.31. The molecule has 0 spiro atoms. The molecule has 0 bridgehead atoms. The molecule has 0 fully saturated rings. The smallest absolute Gasteiger partial charge is 0.338 e. The fourth-order valence-corrected chi connectivity index (χ4v) is 3.86. The summed E-state index contributed by atoms with van der Waals surface area (Å²) in [5.41, 5.74) is 1.58. The van der Waals surface area contributed by atoms with Crippen LogP contribution in [-0.2, 0) is 14.3 Å². The van der Waals surface area contributed by atoms with E-state index in [0.29, 0.717) is 40.7 Å². The highest BCUT2D eigenvalue weighted by Gasteiger charge is 2.39. The first kappa shape index (κ1) is 25.9. The molecule has 0 saturated heterocycles. The molecule has 1 aliphatic heterocycles. The molecule has 0 aliphatic carbocycles. The van der Waals surface area contributed by atoms with Gasteiger partial charge in [0.05, 0.1) is 17.9 Å².